The molecule has 0 spiro atoms. The van der Waals surface area contributed by atoms with Gasteiger partial charge in [0.15, 0.2) is 0 Å². The van der Waals surface area contributed by atoms with Crippen LogP contribution in [0.3, 0.4) is 0 Å². The highest BCUT2D eigenvalue weighted by molar-refractivity contribution is 9.10. The van der Waals surface area contributed by atoms with Crippen LogP contribution >= 0.6 is 15.9 Å². The molecule has 94 valence electrons. The zero-order valence-corrected chi connectivity index (χ0v) is 11.8. The second kappa shape index (κ2) is 4.82. The molecule has 0 saturated carbocycles. The predicted molar refractivity (Wildman–Crippen MR) is 74.0 cm³/mol. The smallest absolute Gasteiger partial charge is 0.129 e. The van der Waals surface area contributed by atoms with Crippen molar-refractivity contribution in [2.45, 2.75) is 19.4 Å². The van der Waals surface area contributed by atoms with Gasteiger partial charge in [0.05, 0.1) is 0 Å². The summed E-state index contributed by atoms with van der Waals surface area (Å²) in [4.78, 5) is 0. The lowest BCUT2D eigenvalue weighted by atomic mass is 9.87. The third kappa shape index (κ3) is 2.47. The Morgan fingerprint density at radius 2 is 1.72 bits per heavy atom. The van der Waals surface area contributed by atoms with Gasteiger partial charge < -0.3 is 5.11 Å². The number of hydrogen-bond donors (Lipinski definition) is 1. The zero-order chi connectivity index (χ0) is 13.3. The summed E-state index contributed by atoms with van der Waals surface area (Å²) in [5.74, 6) is -0.413. The Bertz CT molecular complexity index is 561. The van der Waals surface area contributed by atoms with Crippen molar-refractivity contribution in [2.75, 3.05) is 0 Å². The molecule has 1 N–H and O–H groups in total. The molecule has 1 unspecified atom stereocenters. The number of hydrogen-bond acceptors (Lipinski definition) is 1. The maximum absolute atomic E-state index is 13.8. The van der Waals surface area contributed by atoms with Gasteiger partial charge in [-0.1, -0.05) is 45.8 Å². The summed E-state index contributed by atoms with van der Waals surface area (Å²) in [5.41, 5.74) is 0.691. The predicted octanol–water partition coefficient (Wildman–Crippen LogP) is 4.15. The summed E-state index contributed by atoms with van der Waals surface area (Å²) in [5, 5.41) is 10.6. The molecule has 0 aromatic heterocycles. The summed E-state index contributed by atoms with van der Waals surface area (Å²) in [6.07, 6.45) is 0. The van der Waals surface area contributed by atoms with Crippen molar-refractivity contribution in [1.82, 2.24) is 0 Å². The topological polar surface area (TPSA) is 20.2 Å². The molecule has 0 aliphatic carbocycles. The van der Waals surface area contributed by atoms with E-state index < -0.39 is 11.4 Å². The summed E-state index contributed by atoms with van der Waals surface area (Å²) >= 11 is 3.30. The Balaban J connectivity index is 2.53. The molecule has 0 saturated heterocycles. The van der Waals surface area contributed by atoms with E-state index in [1.807, 2.05) is 31.2 Å². The van der Waals surface area contributed by atoms with E-state index in [0.29, 0.717) is 5.56 Å². The normalized spacial score (nSPS) is 14.3. The first-order chi connectivity index (χ1) is 8.41. The maximum Gasteiger partial charge on any atom is 0.129 e. The molecule has 0 bridgehead atoms. The molecule has 0 aliphatic heterocycles. The van der Waals surface area contributed by atoms with E-state index in [1.54, 1.807) is 19.1 Å². The molecule has 0 amide bonds. The van der Waals surface area contributed by atoms with Gasteiger partial charge in [-0.2, -0.15) is 0 Å². The van der Waals surface area contributed by atoms with E-state index in [-0.39, 0.29) is 5.56 Å². The monoisotopic (exact) mass is 308 g/mol. The van der Waals surface area contributed by atoms with Gasteiger partial charge in [-0.05, 0) is 37.6 Å². The second-order valence-corrected chi connectivity index (χ2v) is 5.48. The number of aryl methyl sites for hydroxylation is 1. The molecule has 18 heavy (non-hydrogen) atoms. The quantitative estimate of drug-likeness (QED) is 0.883. The molecule has 2 aromatic rings. The summed E-state index contributed by atoms with van der Waals surface area (Å²) in [6.45, 7) is 3.57. The molecule has 3 heteroatoms. The Morgan fingerprint density at radius 1 is 1.11 bits per heavy atom. The average molecular weight is 309 g/mol. The lowest BCUT2D eigenvalue weighted by Gasteiger charge is -2.25. The maximum atomic E-state index is 13.8. The lowest BCUT2D eigenvalue weighted by Crippen LogP contribution is -2.24. The van der Waals surface area contributed by atoms with Gasteiger partial charge in [0.2, 0.25) is 0 Å². The van der Waals surface area contributed by atoms with Crippen molar-refractivity contribution in [3.05, 3.63) is 69.4 Å². The molecule has 1 nitrogen and oxygen atoms in total. The first-order valence-corrected chi connectivity index (χ1v) is 6.45. The Labute approximate surface area is 114 Å². The van der Waals surface area contributed by atoms with Crippen LogP contribution in [-0.4, -0.2) is 5.11 Å². The highest BCUT2D eigenvalue weighted by Gasteiger charge is 2.28. The van der Waals surface area contributed by atoms with Crippen LogP contribution < -0.4 is 0 Å². The zero-order valence-electron chi connectivity index (χ0n) is 10.2. The van der Waals surface area contributed by atoms with Crippen LogP contribution in [0.5, 0.6) is 0 Å². The Kier molecular flexibility index (Phi) is 3.55. The fourth-order valence-corrected chi connectivity index (χ4v) is 2.27. The highest BCUT2D eigenvalue weighted by atomic mass is 79.9. The van der Waals surface area contributed by atoms with E-state index in [9.17, 15) is 9.50 Å². The minimum absolute atomic E-state index is 0.265. The van der Waals surface area contributed by atoms with Gasteiger partial charge in [0.1, 0.15) is 11.4 Å². The fraction of sp³-hybridized carbons (Fsp3) is 0.200. The standard InChI is InChI=1S/C15H14BrFO/c1-10-3-5-11(6-4-10)15(2,18)13-9-12(16)7-8-14(13)17/h3-9,18H,1-2H3. The van der Waals surface area contributed by atoms with Gasteiger partial charge in [-0.25, -0.2) is 4.39 Å². The molecule has 2 aromatic carbocycles. The number of aliphatic hydroxyl groups is 1. The number of rotatable bonds is 2. The minimum atomic E-state index is -1.35. The summed E-state index contributed by atoms with van der Waals surface area (Å²) < 4.78 is 14.6. The van der Waals surface area contributed by atoms with Gasteiger partial charge in [0.25, 0.3) is 0 Å². The minimum Gasteiger partial charge on any atom is -0.381 e. The van der Waals surface area contributed by atoms with Gasteiger partial charge >= 0.3 is 0 Å². The average Bonchev–Trinajstić information content (AvgIpc) is 2.32. The van der Waals surface area contributed by atoms with Gasteiger partial charge in [-0.3, -0.25) is 0 Å². The first kappa shape index (κ1) is 13.2. The second-order valence-electron chi connectivity index (χ2n) is 4.56. The molecule has 0 aliphatic rings. The van der Waals surface area contributed by atoms with Crippen LogP contribution in [0.25, 0.3) is 0 Å². The van der Waals surface area contributed by atoms with Crippen LogP contribution in [0.15, 0.2) is 46.9 Å². The van der Waals surface area contributed by atoms with Crippen LogP contribution in [0.1, 0.15) is 23.6 Å². The fourth-order valence-electron chi connectivity index (χ4n) is 1.90. The van der Waals surface area contributed by atoms with Crippen LogP contribution in [0, 0.1) is 12.7 Å². The van der Waals surface area contributed by atoms with Gasteiger partial charge in [0, 0.05) is 10.0 Å². The first-order valence-electron chi connectivity index (χ1n) is 5.66. The van der Waals surface area contributed by atoms with E-state index in [1.165, 1.54) is 6.07 Å². The third-order valence-corrected chi connectivity index (χ3v) is 3.56. The van der Waals surface area contributed by atoms with Crippen LogP contribution in [-0.2, 0) is 5.60 Å². The lowest BCUT2D eigenvalue weighted by molar-refractivity contribution is 0.0979. The third-order valence-electron chi connectivity index (χ3n) is 3.07. The molecule has 1 atom stereocenters. The summed E-state index contributed by atoms with van der Waals surface area (Å²) in [7, 11) is 0. The molecule has 0 radical (unpaired) electrons. The van der Waals surface area contributed by atoms with Crippen molar-refractivity contribution in [2.24, 2.45) is 0 Å². The van der Waals surface area contributed by atoms with E-state index in [2.05, 4.69) is 15.9 Å². The van der Waals surface area contributed by atoms with Gasteiger partial charge in [-0.15, -0.1) is 0 Å². The van der Waals surface area contributed by atoms with E-state index in [4.69, 9.17) is 0 Å². The van der Waals surface area contributed by atoms with Crippen molar-refractivity contribution < 1.29 is 9.50 Å². The Morgan fingerprint density at radius 3 is 2.33 bits per heavy atom. The Hall–Kier alpha value is -1.19. The molecule has 0 heterocycles. The van der Waals surface area contributed by atoms with E-state index in [0.717, 1.165) is 10.0 Å². The largest absolute Gasteiger partial charge is 0.381 e. The van der Waals surface area contributed by atoms with Crippen LogP contribution in [0.4, 0.5) is 4.39 Å². The van der Waals surface area contributed by atoms with Crippen molar-refractivity contribution in [1.29, 1.82) is 0 Å². The highest BCUT2D eigenvalue weighted by Crippen LogP contribution is 2.32. The van der Waals surface area contributed by atoms with Crippen molar-refractivity contribution in [3.8, 4) is 0 Å². The number of halogens is 2. The van der Waals surface area contributed by atoms with Crippen LogP contribution in [0.2, 0.25) is 0 Å². The molecular weight excluding hydrogens is 295 g/mol. The van der Waals surface area contributed by atoms with E-state index >= 15 is 0 Å². The number of benzene rings is 2. The van der Waals surface area contributed by atoms with Crippen molar-refractivity contribution >= 4 is 15.9 Å². The SMILES string of the molecule is Cc1ccc(C(C)(O)c2cc(Br)ccc2F)cc1. The van der Waals surface area contributed by atoms with Crippen molar-refractivity contribution in [3.63, 3.8) is 0 Å². The molecule has 2 rings (SSSR count). The summed E-state index contributed by atoms with van der Waals surface area (Å²) in [6, 6.07) is 12.0. The molecule has 0 fully saturated rings. The molecular formula is C15H14BrFO.